The van der Waals surface area contributed by atoms with Gasteiger partial charge in [-0.05, 0) is 19.4 Å². The fourth-order valence-electron chi connectivity index (χ4n) is 2.53. The predicted octanol–water partition coefficient (Wildman–Crippen LogP) is 2.21. The Labute approximate surface area is 105 Å². The molecule has 1 unspecified atom stereocenters. The third-order valence-electron chi connectivity index (χ3n) is 3.32. The molecule has 4 nitrogen and oxygen atoms in total. The molecular weight excluding hydrogens is 232 g/mol. The van der Waals surface area contributed by atoms with Crippen molar-refractivity contribution in [2.75, 3.05) is 6.54 Å². The molecule has 0 aliphatic carbocycles. The summed E-state index contributed by atoms with van der Waals surface area (Å²) in [4.78, 5) is 6.88. The summed E-state index contributed by atoms with van der Waals surface area (Å²) < 4.78 is 1.88. The first-order chi connectivity index (χ1) is 8.33. The Morgan fingerprint density at radius 3 is 3.18 bits per heavy atom. The number of hydrogen-bond acceptors (Lipinski definition) is 4. The number of hydrogen-bond donors (Lipinski definition) is 0. The molecule has 1 saturated heterocycles. The van der Waals surface area contributed by atoms with Crippen LogP contribution in [-0.2, 0) is 13.6 Å². The van der Waals surface area contributed by atoms with Crippen LogP contribution in [-0.4, -0.2) is 26.2 Å². The highest BCUT2D eigenvalue weighted by atomic mass is 32.1. The summed E-state index contributed by atoms with van der Waals surface area (Å²) in [6.45, 7) is 2.13. The fourth-order valence-corrected chi connectivity index (χ4v) is 3.08. The molecule has 5 heteroatoms. The largest absolute Gasteiger partial charge is 0.290 e. The molecule has 2 aromatic rings. The minimum atomic E-state index is 0.519. The molecule has 0 spiro atoms. The quantitative estimate of drug-likeness (QED) is 0.835. The molecule has 1 aliphatic heterocycles. The molecular formula is C12H16N4S. The van der Waals surface area contributed by atoms with Crippen LogP contribution in [0, 0.1) is 0 Å². The van der Waals surface area contributed by atoms with Crippen molar-refractivity contribution in [3.63, 3.8) is 0 Å². The first-order valence-electron chi connectivity index (χ1n) is 5.92. The standard InChI is InChI=1S/C12H16N4S/c1-15-6-10(5-14-15)12-3-2-4-16(12)7-11-8-17-9-13-11/h5-6,8-9,12H,2-4,7H2,1H3. The van der Waals surface area contributed by atoms with Crippen LogP contribution in [0.1, 0.15) is 30.1 Å². The number of aromatic nitrogens is 3. The van der Waals surface area contributed by atoms with E-state index < -0.39 is 0 Å². The average Bonchev–Trinajstić information content (AvgIpc) is 2.99. The van der Waals surface area contributed by atoms with E-state index in [1.165, 1.54) is 24.1 Å². The van der Waals surface area contributed by atoms with Crippen LogP contribution in [0.4, 0.5) is 0 Å². The van der Waals surface area contributed by atoms with Gasteiger partial charge in [-0.25, -0.2) is 4.98 Å². The normalized spacial score (nSPS) is 21.1. The smallest absolute Gasteiger partial charge is 0.0795 e. The van der Waals surface area contributed by atoms with Gasteiger partial charge in [0.1, 0.15) is 0 Å². The Balaban J connectivity index is 1.76. The first kappa shape index (κ1) is 10.9. The van der Waals surface area contributed by atoms with Crippen LogP contribution in [0.3, 0.4) is 0 Å². The molecule has 0 radical (unpaired) electrons. The zero-order chi connectivity index (χ0) is 11.7. The van der Waals surface area contributed by atoms with Gasteiger partial charge in [-0.3, -0.25) is 9.58 Å². The van der Waals surface area contributed by atoms with E-state index in [1.807, 2.05) is 23.4 Å². The summed E-state index contributed by atoms with van der Waals surface area (Å²) in [6, 6.07) is 0.519. The maximum Gasteiger partial charge on any atom is 0.0795 e. The zero-order valence-corrected chi connectivity index (χ0v) is 10.7. The highest BCUT2D eigenvalue weighted by Crippen LogP contribution is 2.32. The predicted molar refractivity (Wildman–Crippen MR) is 67.7 cm³/mol. The van der Waals surface area contributed by atoms with Crippen LogP contribution in [0.15, 0.2) is 23.3 Å². The Bertz CT molecular complexity index is 476. The molecule has 3 rings (SSSR count). The summed E-state index contributed by atoms with van der Waals surface area (Å²) >= 11 is 1.67. The van der Waals surface area contributed by atoms with Gasteiger partial charge in [0.05, 0.1) is 17.4 Å². The number of rotatable bonds is 3. The van der Waals surface area contributed by atoms with Crippen molar-refractivity contribution >= 4 is 11.3 Å². The van der Waals surface area contributed by atoms with E-state index in [4.69, 9.17) is 0 Å². The van der Waals surface area contributed by atoms with E-state index in [-0.39, 0.29) is 0 Å². The summed E-state index contributed by atoms with van der Waals surface area (Å²) in [5.41, 5.74) is 4.43. The summed E-state index contributed by atoms with van der Waals surface area (Å²) in [6.07, 6.45) is 6.62. The van der Waals surface area contributed by atoms with E-state index in [1.54, 1.807) is 11.3 Å². The number of likely N-dealkylation sites (tertiary alicyclic amines) is 1. The zero-order valence-electron chi connectivity index (χ0n) is 9.91. The molecule has 0 N–H and O–H groups in total. The maximum absolute atomic E-state index is 4.37. The van der Waals surface area contributed by atoms with Crippen molar-refractivity contribution in [1.29, 1.82) is 0 Å². The van der Waals surface area contributed by atoms with Gasteiger partial charge in [0.2, 0.25) is 0 Å². The number of thiazole rings is 1. The first-order valence-corrected chi connectivity index (χ1v) is 6.87. The van der Waals surface area contributed by atoms with Gasteiger partial charge in [0.15, 0.2) is 0 Å². The lowest BCUT2D eigenvalue weighted by molar-refractivity contribution is 0.246. The van der Waals surface area contributed by atoms with E-state index in [9.17, 15) is 0 Å². The third kappa shape index (κ3) is 2.25. The lowest BCUT2D eigenvalue weighted by atomic mass is 10.1. The van der Waals surface area contributed by atoms with Gasteiger partial charge in [-0.15, -0.1) is 11.3 Å². The van der Waals surface area contributed by atoms with Crippen LogP contribution in [0.25, 0.3) is 0 Å². The lowest BCUT2D eigenvalue weighted by Gasteiger charge is -2.22. The van der Waals surface area contributed by atoms with Gasteiger partial charge in [0.25, 0.3) is 0 Å². The Morgan fingerprint density at radius 2 is 2.47 bits per heavy atom. The van der Waals surface area contributed by atoms with Crippen LogP contribution in [0.5, 0.6) is 0 Å². The molecule has 1 fully saturated rings. The van der Waals surface area contributed by atoms with Gasteiger partial charge in [-0.2, -0.15) is 5.10 Å². The van der Waals surface area contributed by atoms with Gasteiger partial charge in [0, 0.05) is 36.8 Å². The second-order valence-corrected chi connectivity index (χ2v) is 5.27. The minimum absolute atomic E-state index is 0.519. The lowest BCUT2D eigenvalue weighted by Crippen LogP contribution is -2.22. The maximum atomic E-state index is 4.37. The van der Waals surface area contributed by atoms with Crippen molar-refractivity contribution < 1.29 is 0 Å². The molecule has 1 atom stereocenters. The van der Waals surface area contributed by atoms with Crippen LogP contribution in [0.2, 0.25) is 0 Å². The van der Waals surface area contributed by atoms with E-state index >= 15 is 0 Å². The average molecular weight is 248 g/mol. The molecule has 0 aromatic carbocycles. The fraction of sp³-hybridized carbons (Fsp3) is 0.500. The van der Waals surface area contributed by atoms with Crippen molar-refractivity contribution in [2.45, 2.75) is 25.4 Å². The molecule has 1 aliphatic rings. The van der Waals surface area contributed by atoms with Gasteiger partial charge >= 0.3 is 0 Å². The van der Waals surface area contributed by atoms with E-state index in [0.717, 1.165) is 13.1 Å². The molecule has 3 heterocycles. The van der Waals surface area contributed by atoms with Crippen molar-refractivity contribution in [2.24, 2.45) is 7.05 Å². The Hall–Kier alpha value is -1.20. The Kier molecular flexibility index (Phi) is 2.94. The second-order valence-electron chi connectivity index (χ2n) is 4.56. The molecule has 2 aromatic heterocycles. The second kappa shape index (κ2) is 4.58. The summed E-state index contributed by atoms with van der Waals surface area (Å²) in [7, 11) is 1.98. The third-order valence-corrected chi connectivity index (χ3v) is 3.96. The molecule has 17 heavy (non-hydrogen) atoms. The topological polar surface area (TPSA) is 34.0 Å². The highest BCUT2D eigenvalue weighted by molar-refractivity contribution is 7.07. The molecule has 0 bridgehead atoms. The van der Waals surface area contributed by atoms with Crippen LogP contribution < -0.4 is 0 Å². The Morgan fingerprint density at radius 1 is 1.53 bits per heavy atom. The van der Waals surface area contributed by atoms with Crippen LogP contribution >= 0.6 is 11.3 Å². The van der Waals surface area contributed by atoms with Gasteiger partial charge in [-0.1, -0.05) is 0 Å². The number of aryl methyl sites for hydroxylation is 1. The SMILES string of the molecule is Cn1cc(C2CCCN2Cc2cscn2)cn1. The van der Waals surface area contributed by atoms with E-state index in [0.29, 0.717) is 6.04 Å². The monoisotopic (exact) mass is 248 g/mol. The van der Waals surface area contributed by atoms with Crippen molar-refractivity contribution in [3.05, 3.63) is 34.5 Å². The molecule has 90 valence electrons. The molecule has 0 amide bonds. The van der Waals surface area contributed by atoms with E-state index in [2.05, 4.69) is 26.6 Å². The number of nitrogens with zero attached hydrogens (tertiary/aromatic N) is 4. The van der Waals surface area contributed by atoms with Crippen molar-refractivity contribution in [1.82, 2.24) is 19.7 Å². The summed E-state index contributed by atoms with van der Waals surface area (Å²) in [5.74, 6) is 0. The van der Waals surface area contributed by atoms with Crippen molar-refractivity contribution in [3.8, 4) is 0 Å². The molecule has 0 saturated carbocycles. The highest BCUT2D eigenvalue weighted by Gasteiger charge is 2.27. The summed E-state index contributed by atoms with van der Waals surface area (Å²) in [5, 5.41) is 6.41. The minimum Gasteiger partial charge on any atom is -0.290 e. The van der Waals surface area contributed by atoms with Gasteiger partial charge < -0.3 is 0 Å².